The third-order valence-corrected chi connectivity index (χ3v) is 4.71. The van der Waals surface area contributed by atoms with Crippen LogP contribution in [-0.4, -0.2) is 60.4 Å². The second-order valence-corrected chi connectivity index (χ2v) is 7.34. The van der Waals surface area contributed by atoms with Crippen LogP contribution in [0.5, 0.6) is 0 Å². The van der Waals surface area contributed by atoms with Gasteiger partial charge in [-0.05, 0) is 30.2 Å². The number of hydrogen-bond donors (Lipinski definition) is 2. The quantitative estimate of drug-likeness (QED) is 0.790. The summed E-state index contributed by atoms with van der Waals surface area (Å²) in [7, 11) is 0. The van der Waals surface area contributed by atoms with E-state index in [0.717, 1.165) is 10.2 Å². The number of nitrogens with zero attached hydrogens (tertiary/aromatic N) is 2. The lowest BCUT2D eigenvalue weighted by Crippen LogP contribution is -2.55. The van der Waals surface area contributed by atoms with E-state index in [9.17, 15) is 9.59 Å². The number of amides is 2. The van der Waals surface area contributed by atoms with Crippen LogP contribution in [0.2, 0.25) is 0 Å². The zero-order valence-corrected chi connectivity index (χ0v) is 15.8. The molecule has 7 heteroatoms. The standard InChI is InChI=1S/C17H25BrN4O2/c1-12(2)16(19)17(24)22-9-7-21(8-10-22)11-15(23)20-14-5-3-13(18)4-6-14/h3-6,12,16H,7-11,19H2,1-2H3,(H,20,23)/t16-/m0/s1. The lowest BCUT2D eigenvalue weighted by molar-refractivity contribution is -0.135. The zero-order valence-electron chi connectivity index (χ0n) is 14.2. The Balaban J connectivity index is 1.77. The molecule has 1 aromatic carbocycles. The number of carbonyl (C=O) groups excluding carboxylic acids is 2. The molecule has 1 aromatic rings. The molecule has 1 atom stereocenters. The van der Waals surface area contributed by atoms with E-state index in [1.807, 2.05) is 38.1 Å². The second-order valence-electron chi connectivity index (χ2n) is 6.43. The number of piperazine rings is 1. The van der Waals surface area contributed by atoms with Crippen LogP contribution in [0.25, 0.3) is 0 Å². The van der Waals surface area contributed by atoms with Gasteiger partial charge in [0.15, 0.2) is 0 Å². The summed E-state index contributed by atoms with van der Waals surface area (Å²) < 4.78 is 0.973. The van der Waals surface area contributed by atoms with Gasteiger partial charge in [-0.25, -0.2) is 0 Å². The fourth-order valence-electron chi connectivity index (χ4n) is 2.56. The summed E-state index contributed by atoms with van der Waals surface area (Å²) in [6.45, 7) is 6.83. The van der Waals surface area contributed by atoms with Crippen molar-refractivity contribution in [3.05, 3.63) is 28.7 Å². The molecule has 0 saturated carbocycles. The van der Waals surface area contributed by atoms with Gasteiger partial charge in [0.25, 0.3) is 0 Å². The maximum atomic E-state index is 12.2. The van der Waals surface area contributed by atoms with Gasteiger partial charge in [0.05, 0.1) is 12.6 Å². The minimum absolute atomic E-state index is 0.00367. The van der Waals surface area contributed by atoms with Crippen molar-refractivity contribution >= 4 is 33.4 Å². The Morgan fingerprint density at radius 2 is 1.75 bits per heavy atom. The Morgan fingerprint density at radius 1 is 1.17 bits per heavy atom. The number of nitrogens with two attached hydrogens (primary N) is 1. The molecule has 2 rings (SSSR count). The predicted molar refractivity (Wildman–Crippen MR) is 98.6 cm³/mol. The van der Waals surface area contributed by atoms with Crippen LogP contribution in [0.4, 0.5) is 5.69 Å². The summed E-state index contributed by atoms with van der Waals surface area (Å²) in [5.74, 6) is 0.0900. The van der Waals surface area contributed by atoms with Crippen molar-refractivity contribution in [1.29, 1.82) is 0 Å². The van der Waals surface area contributed by atoms with E-state index in [2.05, 4.69) is 26.1 Å². The largest absolute Gasteiger partial charge is 0.339 e. The first kappa shape index (κ1) is 18.9. The number of benzene rings is 1. The summed E-state index contributed by atoms with van der Waals surface area (Å²) in [6, 6.07) is 7.03. The van der Waals surface area contributed by atoms with Crippen LogP contribution in [0, 0.1) is 5.92 Å². The van der Waals surface area contributed by atoms with Crippen molar-refractivity contribution in [2.24, 2.45) is 11.7 Å². The topological polar surface area (TPSA) is 78.7 Å². The number of hydrogen-bond acceptors (Lipinski definition) is 4. The Morgan fingerprint density at radius 3 is 2.29 bits per heavy atom. The predicted octanol–water partition coefficient (Wildman–Crippen LogP) is 1.52. The van der Waals surface area contributed by atoms with Crippen molar-refractivity contribution in [3.63, 3.8) is 0 Å². The molecule has 1 heterocycles. The van der Waals surface area contributed by atoms with Gasteiger partial charge in [-0.3, -0.25) is 14.5 Å². The van der Waals surface area contributed by atoms with Gasteiger partial charge in [0, 0.05) is 36.3 Å². The van der Waals surface area contributed by atoms with Gasteiger partial charge in [0.2, 0.25) is 11.8 Å². The molecule has 0 radical (unpaired) electrons. The monoisotopic (exact) mass is 396 g/mol. The lowest BCUT2D eigenvalue weighted by Gasteiger charge is -2.36. The van der Waals surface area contributed by atoms with E-state index in [-0.39, 0.29) is 17.7 Å². The third kappa shape index (κ3) is 5.29. The zero-order chi connectivity index (χ0) is 17.7. The van der Waals surface area contributed by atoms with Crippen LogP contribution in [0.1, 0.15) is 13.8 Å². The van der Waals surface area contributed by atoms with Gasteiger partial charge < -0.3 is 16.0 Å². The molecule has 1 fully saturated rings. The van der Waals surface area contributed by atoms with Gasteiger partial charge in [-0.1, -0.05) is 29.8 Å². The van der Waals surface area contributed by atoms with E-state index in [4.69, 9.17) is 5.73 Å². The van der Waals surface area contributed by atoms with Crippen molar-refractivity contribution in [2.45, 2.75) is 19.9 Å². The molecular weight excluding hydrogens is 372 g/mol. The molecule has 3 N–H and O–H groups in total. The molecule has 24 heavy (non-hydrogen) atoms. The van der Waals surface area contributed by atoms with Gasteiger partial charge >= 0.3 is 0 Å². The van der Waals surface area contributed by atoms with Gasteiger partial charge in [0.1, 0.15) is 0 Å². The normalized spacial score (nSPS) is 17.0. The number of nitrogens with one attached hydrogen (secondary N) is 1. The molecule has 0 bridgehead atoms. The van der Waals surface area contributed by atoms with Crippen LogP contribution >= 0.6 is 15.9 Å². The molecule has 132 valence electrons. The highest BCUT2D eigenvalue weighted by Gasteiger charge is 2.27. The third-order valence-electron chi connectivity index (χ3n) is 4.18. The van der Waals surface area contributed by atoms with Crippen molar-refractivity contribution < 1.29 is 9.59 Å². The van der Waals surface area contributed by atoms with Crippen molar-refractivity contribution in [1.82, 2.24) is 9.80 Å². The summed E-state index contributed by atoms with van der Waals surface area (Å²) in [6.07, 6.45) is 0. The molecule has 0 aliphatic carbocycles. The van der Waals surface area contributed by atoms with E-state index >= 15 is 0 Å². The second kappa shape index (κ2) is 8.60. The summed E-state index contributed by atoms with van der Waals surface area (Å²) in [5, 5.41) is 2.88. The Kier molecular flexibility index (Phi) is 6.77. The average molecular weight is 397 g/mol. The molecule has 0 spiro atoms. The van der Waals surface area contributed by atoms with E-state index in [0.29, 0.717) is 32.7 Å². The molecule has 0 unspecified atom stereocenters. The van der Waals surface area contributed by atoms with Crippen molar-refractivity contribution in [3.8, 4) is 0 Å². The fraction of sp³-hybridized carbons (Fsp3) is 0.529. The fourth-order valence-corrected chi connectivity index (χ4v) is 2.82. The minimum atomic E-state index is -0.447. The molecule has 1 aliphatic rings. The maximum Gasteiger partial charge on any atom is 0.239 e. The van der Waals surface area contributed by atoms with Crippen LogP contribution in [0.3, 0.4) is 0 Å². The van der Waals surface area contributed by atoms with E-state index < -0.39 is 6.04 Å². The van der Waals surface area contributed by atoms with E-state index in [1.54, 1.807) is 4.90 Å². The Labute approximate surface area is 151 Å². The van der Waals surface area contributed by atoms with E-state index in [1.165, 1.54) is 0 Å². The van der Waals surface area contributed by atoms with Crippen LogP contribution in [-0.2, 0) is 9.59 Å². The number of carbonyl (C=O) groups is 2. The SMILES string of the molecule is CC(C)[C@H](N)C(=O)N1CCN(CC(=O)Nc2ccc(Br)cc2)CC1. The highest BCUT2D eigenvalue weighted by atomic mass is 79.9. The minimum Gasteiger partial charge on any atom is -0.339 e. The molecule has 0 aromatic heterocycles. The Bertz CT molecular complexity index is 568. The summed E-state index contributed by atoms with van der Waals surface area (Å²) in [5.41, 5.74) is 6.71. The van der Waals surface area contributed by atoms with Gasteiger partial charge in [-0.2, -0.15) is 0 Å². The summed E-state index contributed by atoms with van der Waals surface area (Å²) in [4.78, 5) is 28.2. The molecule has 1 saturated heterocycles. The van der Waals surface area contributed by atoms with Crippen LogP contribution in [0.15, 0.2) is 28.7 Å². The first-order valence-corrected chi connectivity index (χ1v) is 8.98. The van der Waals surface area contributed by atoms with Crippen LogP contribution < -0.4 is 11.1 Å². The smallest absolute Gasteiger partial charge is 0.239 e. The highest BCUT2D eigenvalue weighted by molar-refractivity contribution is 9.10. The van der Waals surface area contributed by atoms with Crippen molar-refractivity contribution in [2.75, 3.05) is 38.0 Å². The average Bonchev–Trinajstić information content (AvgIpc) is 2.56. The highest BCUT2D eigenvalue weighted by Crippen LogP contribution is 2.14. The number of anilines is 1. The molecule has 6 nitrogen and oxygen atoms in total. The number of halogens is 1. The maximum absolute atomic E-state index is 12.2. The Hall–Kier alpha value is -1.44. The first-order valence-electron chi connectivity index (χ1n) is 8.19. The first-order chi connectivity index (χ1) is 11.4. The lowest BCUT2D eigenvalue weighted by atomic mass is 10.0. The molecular formula is C17H25BrN4O2. The number of rotatable bonds is 5. The molecule has 2 amide bonds. The molecule has 1 aliphatic heterocycles. The summed E-state index contributed by atoms with van der Waals surface area (Å²) >= 11 is 3.37. The van der Waals surface area contributed by atoms with Gasteiger partial charge in [-0.15, -0.1) is 0 Å².